The van der Waals surface area contributed by atoms with Crippen LogP contribution in [0, 0.1) is 6.92 Å². The van der Waals surface area contributed by atoms with E-state index in [1.807, 2.05) is 26.1 Å². The molecule has 0 bridgehead atoms. The summed E-state index contributed by atoms with van der Waals surface area (Å²) in [4.78, 5) is 4.54. The number of hydrogen-bond acceptors (Lipinski definition) is 4. The van der Waals surface area contributed by atoms with Crippen molar-refractivity contribution >= 4 is 11.3 Å². The van der Waals surface area contributed by atoms with Crippen LogP contribution in [0.5, 0.6) is 5.75 Å². The molecule has 1 N–H and O–H groups in total. The summed E-state index contributed by atoms with van der Waals surface area (Å²) in [5.41, 5.74) is 2.37. The molecule has 1 aromatic carbocycles. The van der Waals surface area contributed by atoms with E-state index < -0.39 is 0 Å². The summed E-state index contributed by atoms with van der Waals surface area (Å²) in [5, 5.41) is 6.64. The van der Waals surface area contributed by atoms with Gasteiger partial charge in [-0.2, -0.15) is 0 Å². The highest BCUT2D eigenvalue weighted by molar-refractivity contribution is 7.09. The van der Waals surface area contributed by atoms with Gasteiger partial charge in [0.05, 0.1) is 11.6 Å². The van der Waals surface area contributed by atoms with Crippen LogP contribution < -0.4 is 10.1 Å². The van der Waals surface area contributed by atoms with Gasteiger partial charge in [-0.15, -0.1) is 11.3 Å². The second-order valence-electron chi connectivity index (χ2n) is 4.85. The van der Waals surface area contributed by atoms with Gasteiger partial charge >= 0.3 is 0 Å². The lowest BCUT2D eigenvalue weighted by atomic mass is 10.0. The molecule has 0 saturated carbocycles. The van der Waals surface area contributed by atoms with Crippen molar-refractivity contribution in [2.24, 2.45) is 0 Å². The van der Waals surface area contributed by atoms with Gasteiger partial charge in [0, 0.05) is 23.5 Å². The minimum Gasteiger partial charge on any atom is -0.494 e. The van der Waals surface area contributed by atoms with Crippen molar-refractivity contribution in [2.75, 3.05) is 13.7 Å². The number of hydrogen-bond donors (Lipinski definition) is 1. The van der Waals surface area contributed by atoms with E-state index in [9.17, 15) is 0 Å². The SMILES string of the molecule is CCCOc1ccc(C(Cc2nc(C)cs2)NC)cc1. The molecule has 1 heterocycles. The average molecular weight is 290 g/mol. The van der Waals surface area contributed by atoms with Crippen LogP contribution >= 0.6 is 11.3 Å². The van der Waals surface area contributed by atoms with E-state index in [2.05, 4.69) is 34.7 Å². The predicted molar refractivity (Wildman–Crippen MR) is 84.6 cm³/mol. The van der Waals surface area contributed by atoms with Gasteiger partial charge in [-0.3, -0.25) is 0 Å². The van der Waals surface area contributed by atoms with E-state index in [1.54, 1.807) is 11.3 Å². The fourth-order valence-electron chi connectivity index (χ4n) is 2.07. The second-order valence-corrected chi connectivity index (χ2v) is 5.79. The first-order valence-electron chi connectivity index (χ1n) is 7.04. The van der Waals surface area contributed by atoms with Gasteiger partial charge in [0.2, 0.25) is 0 Å². The van der Waals surface area contributed by atoms with Crippen LogP contribution in [0.2, 0.25) is 0 Å². The molecule has 2 rings (SSSR count). The third kappa shape index (κ3) is 4.05. The van der Waals surface area contributed by atoms with E-state index in [0.29, 0.717) is 6.04 Å². The molecule has 1 unspecified atom stereocenters. The molecule has 4 heteroatoms. The molecule has 1 atom stereocenters. The summed E-state index contributed by atoms with van der Waals surface area (Å²) < 4.78 is 5.61. The molecule has 0 fully saturated rings. The molecule has 3 nitrogen and oxygen atoms in total. The zero-order chi connectivity index (χ0) is 14.4. The zero-order valence-corrected chi connectivity index (χ0v) is 13.2. The molecule has 2 aromatic rings. The van der Waals surface area contributed by atoms with Crippen molar-refractivity contribution in [3.05, 3.63) is 45.9 Å². The Morgan fingerprint density at radius 3 is 2.60 bits per heavy atom. The Bertz CT molecular complexity index is 522. The number of rotatable bonds is 7. The fourth-order valence-corrected chi connectivity index (χ4v) is 2.89. The molecule has 108 valence electrons. The summed E-state index contributed by atoms with van der Waals surface area (Å²) >= 11 is 1.73. The van der Waals surface area contributed by atoms with Crippen LogP contribution in [0.15, 0.2) is 29.6 Å². The maximum absolute atomic E-state index is 5.61. The molecule has 0 aliphatic carbocycles. The first-order chi connectivity index (χ1) is 9.72. The highest BCUT2D eigenvalue weighted by Gasteiger charge is 2.12. The number of benzene rings is 1. The molecule has 0 radical (unpaired) electrons. The Kier molecular flexibility index (Phi) is 5.56. The molecular formula is C16H22N2OS. The van der Waals surface area contributed by atoms with Crippen LogP contribution in [0.3, 0.4) is 0 Å². The average Bonchev–Trinajstić information content (AvgIpc) is 2.88. The normalized spacial score (nSPS) is 12.3. The number of likely N-dealkylation sites (N-methyl/N-ethyl adjacent to an activating group) is 1. The Morgan fingerprint density at radius 1 is 1.30 bits per heavy atom. The van der Waals surface area contributed by atoms with Gasteiger partial charge in [-0.1, -0.05) is 19.1 Å². The third-order valence-corrected chi connectivity index (χ3v) is 4.14. The second kappa shape index (κ2) is 7.41. The molecule has 0 spiro atoms. The minimum atomic E-state index is 0.292. The Hall–Kier alpha value is -1.39. The Morgan fingerprint density at radius 2 is 2.05 bits per heavy atom. The van der Waals surface area contributed by atoms with E-state index >= 15 is 0 Å². The first-order valence-corrected chi connectivity index (χ1v) is 7.92. The smallest absolute Gasteiger partial charge is 0.119 e. The first kappa shape index (κ1) is 15.0. The number of nitrogens with zero attached hydrogens (tertiary/aromatic N) is 1. The standard InChI is InChI=1S/C16H22N2OS/c1-4-9-19-14-7-5-13(6-8-14)15(17-3)10-16-18-12(2)11-20-16/h5-8,11,15,17H,4,9-10H2,1-3H3. The number of thiazole rings is 1. The molecule has 0 saturated heterocycles. The number of aromatic nitrogens is 1. The molecule has 0 aliphatic heterocycles. The van der Waals surface area contributed by atoms with Crippen molar-refractivity contribution in [1.29, 1.82) is 0 Å². The van der Waals surface area contributed by atoms with Crippen molar-refractivity contribution in [3.8, 4) is 5.75 Å². The predicted octanol–water partition coefficient (Wildman–Crippen LogP) is 3.74. The lowest BCUT2D eigenvalue weighted by Crippen LogP contribution is -2.18. The third-order valence-electron chi connectivity index (χ3n) is 3.15. The van der Waals surface area contributed by atoms with Crippen molar-refractivity contribution in [1.82, 2.24) is 10.3 Å². The topological polar surface area (TPSA) is 34.1 Å². The van der Waals surface area contributed by atoms with E-state index in [-0.39, 0.29) is 0 Å². The van der Waals surface area contributed by atoms with Gasteiger partial charge in [0.15, 0.2) is 0 Å². The molecule has 0 aliphatic rings. The van der Waals surface area contributed by atoms with Crippen LogP contribution in [0.4, 0.5) is 0 Å². The van der Waals surface area contributed by atoms with Gasteiger partial charge < -0.3 is 10.1 Å². The highest BCUT2D eigenvalue weighted by Crippen LogP contribution is 2.22. The molecule has 1 aromatic heterocycles. The van der Waals surface area contributed by atoms with Gasteiger partial charge in [-0.25, -0.2) is 4.98 Å². The van der Waals surface area contributed by atoms with Crippen LogP contribution in [0.25, 0.3) is 0 Å². The van der Waals surface area contributed by atoms with Crippen LogP contribution in [-0.4, -0.2) is 18.6 Å². The summed E-state index contributed by atoms with van der Waals surface area (Å²) in [6, 6.07) is 8.64. The number of aryl methyl sites for hydroxylation is 1. The van der Waals surface area contributed by atoms with Gasteiger partial charge in [0.25, 0.3) is 0 Å². The largest absolute Gasteiger partial charge is 0.494 e. The Labute approximate surface area is 125 Å². The van der Waals surface area contributed by atoms with Crippen molar-refractivity contribution < 1.29 is 4.74 Å². The van der Waals surface area contributed by atoms with Crippen LogP contribution in [0.1, 0.15) is 35.7 Å². The number of ether oxygens (including phenoxy) is 1. The molecule has 20 heavy (non-hydrogen) atoms. The lowest BCUT2D eigenvalue weighted by Gasteiger charge is -2.16. The van der Waals surface area contributed by atoms with Gasteiger partial charge in [0.1, 0.15) is 5.75 Å². The molecule has 0 amide bonds. The van der Waals surface area contributed by atoms with E-state index in [1.165, 1.54) is 10.6 Å². The van der Waals surface area contributed by atoms with Crippen LogP contribution in [-0.2, 0) is 6.42 Å². The molecular weight excluding hydrogens is 268 g/mol. The maximum Gasteiger partial charge on any atom is 0.119 e. The summed E-state index contributed by atoms with van der Waals surface area (Å²) in [7, 11) is 1.99. The monoisotopic (exact) mass is 290 g/mol. The quantitative estimate of drug-likeness (QED) is 0.843. The van der Waals surface area contributed by atoms with Crippen molar-refractivity contribution in [2.45, 2.75) is 32.7 Å². The van der Waals surface area contributed by atoms with Crippen molar-refractivity contribution in [3.63, 3.8) is 0 Å². The lowest BCUT2D eigenvalue weighted by molar-refractivity contribution is 0.317. The Balaban J connectivity index is 2.03. The summed E-state index contributed by atoms with van der Waals surface area (Å²) in [6.45, 7) is 4.92. The summed E-state index contributed by atoms with van der Waals surface area (Å²) in [5.74, 6) is 0.940. The maximum atomic E-state index is 5.61. The fraction of sp³-hybridized carbons (Fsp3) is 0.438. The van der Waals surface area contributed by atoms with Gasteiger partial charge in [-0.05, 0) is 38.1 Å². The zero-order valence-electron chi connectivity index (χ0n) is 12.3. The summed E-state index contributed by atoms with van der Waals surface area (Å²) in [6.07, 6.45) is 1.95. The van der Waals surface area contributed by atoms with E-state index in [4.69, 9.17) is 4.74 Å². The highest BCUT2D eigenvalue weighted by atomic mass is 32.1. The number of nitrogens with one attached hydrogen (secondary N) is 1. The van der Waals surface area contributed by atoms with E-state index in [0.717, 1.165) is 30.9 Å². The minimum absolute atomic E-state index is 0.292.